The van der Waals surface area contributed by atoms with Crippen molar-refractivity contribution in [2.75, 3.05) is 6.61 Å². The first kappa shape index (κ1) is 36.5. The maximum atomic E-state index is 12.5. The van der Waals surface area contributed by atoms with Gasteiger partial charge in [-0.15, -0.1) is 0 Å². The lowest BCUT2D eigenvalue weighted by atomic mass is 9.89. The van der Waals surface area contributed by atoms with E-state index in [4.69, 9.17) is 21.4 Å². The summed E-state index contributed by atoms with van der Waals surface area (Å²) in [6.07, 6.45) is 0.496. The second kappa shape index (κ2) is 14.0. The molecule has 0 aliphatic heterocycles. The van der Waals surface area contributed by atoms with Crippen LogP contribution < -0.4 is 10.1 Å². The molecule has 1 aromatic heterocycles. The lowest BCUT2D eigenvalue weighted by Crippen LogP contribution is -2.27. The third kappa shape index (κ3) is 7.66. The predicted molar refractivity (Wildman–Crippen MR) is 191 cm³/mol. The van der Waals surface area contributed by atoms with Crippen LogP contribution in [0.2, 0.25) is 0 Å². The van der Waals surface area contributed by atoms with Gasteiger partial charge in [0.15, 0.2) is 6.61 Å². The fraction of sp³-hybridized carbons (Fsp3) is 0.167. The molecular weight excluding hydrogens is 735 g/mol. The Balaban J connectivity index is 1.70. The van der Waals surface area contributed by atoms with Crippen LogP contribution in [0, 0.1) is 6.92 Å². The summed E-state index contributed by atoms with van der Waals surface area (Å²) in [6.45, 7) is 1.16. The number of phenols is 3. The Morgan fingerprint density at radius 3 is 1.56 bits per heavy atom. The number of hydrogen-bond acceptors (Lipinski definition) is 11. The van der Waals surface area contributed by atoms with Crippen molar-refractivity contribution in [3.63, 3.8) is 0 Å². The van der Waals surface area contributed by atoms with Crippen LogP contribution in [-0.4, -0.2) is 59.3 Å². The quantitative estimate of drug-likeness (QED) is 0.0933. The lowest BCUT2D eigenvalue weighted by Gasteiger charge is -2.21. The van der Waals surface area contributed by atoms with Crippen molar-refractivity contribution >= 4 is 43.9 Å². The third-order valence-electron chi connectivity index (χ3n) is 8.63. The minimum absolute atomic E-state index is 0.0267. The van der Waals surface area contributed by atoms with Gasteiger partial charge >= 0.3 is 0 Å². The van der Waals surface area contributed by atoms with E-state index in [2.05, 4.69) is 5.32 Å². The van der Waals surface area contributed by atoms with Gasteiger partial charge in [0, 0.05) is 53.5 Å². The van der Waals surface area contributed by atoms with Gasteiger partial charge in [0.2, 0.25) is 0 Å². The van der Waals surface area contributed by atoms with Crippen LogP contribution >= 0.6 is 12.2 Å². The molecule has 52 heavy (non-hydrogen) atoms. The van der Waals surface area contributed by atoms with E-state index >= 15 is 0 Å². The van der Waals surface area contributed by atoms with Crippen LogP contribution in [0.3, 0.4) is 0 Å². The van der Waals surface area contributed by atoms with Gasteiger partial charge in [0.1, 0.15) is 28.8 Å². The topological polar surface area (TPSA) is 221 Å². The van der Waals surface area contributed by atoms with Crippen LogP contribution in [0.1, 0.15) is 50.1 Å². The van der Waals surface area contributed by atoms with Crippen molar-refractivity contribution in [1.29, 1.82) is 0 Å². The summed E-state index contributed by atoms with van der Waals surface area (Å²) in [6, 6.07) is 14.1. The highest BCUT2D eigenvalue weighted by molar-refractivity contribution is 7.86. The van der Waals surface area contributed by atoms with E-state index in [1.54, 1.807) is 43.3 Å². The molecule has 0 saturated carbocycles. The van der Waals surface area contributed by atoms with Crippen LogP contribution in [0.15, 0.2) is 81.1 Å². The Morgan fingerprint density at radius 1 is 0.750 bits per heavy atom. The predicted octanol–water partition coefficient (Wildman–Crippen LogP) is 4.99. The second-order valence-electron chi connectivity index (χ2n) is 12.3. The fourth-order valence-electron chi connectivity index (χ4n) is 6.35. The molecule has 6 rings (SSSR count). The van der Waals surface area contributed by atoms with Gasteiger partial charge in [-0.25, -0.2) is 0 Å². The molecule has 8 bridgehead atoms. The van der Waals surface area contributed by atoms with E-state index in [1.165, 1.54) is 6.26 Å². The van der Waals surface area contributed by atoms with Crippen LogP contribution in [0.5, 0.6) is 23.0 Å². The Kier molecular flexibility index (Phi) is 9.87. The van der Waals surface area contributed by atoms with E-state index in [9.17, 15) is 46.1 Å². The van der Waals surface area contributed by atoms with E-state index in [1.807, 2.05) is 0 Å². The zero-order valence-electron chi connectivity index (χ0n) is 27.3. The summed E-state index contributed by atoms with van der Waals surface area (Å²) in [4.78, 5) is 11.5. The smallest absolute Gasteiger partial charge is 0.294 e. The lowest BCUT2D eigenvalue weighted by molar-refractivity contribution is -0.121. The molecule has 6 N–H and O–H groups in total. The molecule has 13 nitrogen and oxygen atoms in total. The third-order valence-corrected chi connectivity index (χ3v) is 10.4. The average Bonchev–Trinajstić information content (AvgIpc) is 3.60. The van der Waals surface area contributed by atoms with Crippen molar-refractivity contribution in [1.82, 2.24) is 5.32 Å². The number of hydrogen-bond donors (Lipinski definition) is 6. The highest BCUT2D eigenvalue weighted by atomic mass is 32.2. The molecule has 5 aromatic rings. The first-order valence-electron chi connectivity index (χ1n) is 15.5. The molecule has 0 saturated heterocycles. The van der Waals surface area contributed by atoms with E-state index < -0.39 is 42.5 Å². The Labute approximate surface area is 303 Å². The Bertz CT molecular complexity index is 2340. The number of thiocarbonyl (C=S) groups is 1. The highest BCUT2D eigenvalue weighted by Gasteiger charge is 2.26. The van der Waals surface area contributed by atoms with Crippen molar-refractivity contribution in [2.24, 2.45) is 0 Å². The number of amides is 1. The Hall–Kier alpha value is -5.26. The van der Waals surface area contributed by atoms with E-state index in [-0.39, 0.29) is 93.2 Å². The molecule has 1 heterocycles. The number of furan rings is 1. The monoisotopic (exact) mass is 765 g/mol. The van der Waals surface area contributed by atoms with Gasteiger partial charge in [-0.1, -0.05) is 29.9 Å². The molecule has 0 fully saturated rings. The largest absolute Gasteiger partial charge is 0.507 e. The van der Waals surface area contributed by atoms with Crippen molar-refractivity contribution in [3.05, 3.63) is 117 Å². The number of benzene rings is 4. The molecular formula is C36H31NO12S3. The number of fused-ring (bicyclic) bond motifs is 8. The molecule has 0 unspecified atom stereocenters. The number of rotatable bonds is 7. The molecule has 1 aliphatic carbocycles. The standard InChI is InChI=1S/C36H31NO12S3/c1-19-5-21-9-23-13-29(51(42,43)44)15-25(34(23)40)11-27-7-20(31-3-2-4-48-31)8-28(36(27)49-17-32(38)37-18-50)12-26-16-30(52(45,46)47)14-24(35(26)41)10-22(6-19)33(21)39/h2-8,13-16,18,39-41H,9-12,17H2,1H3,(H,37,38,50)(H,42,43,44)(H,45,46,47). The first-order valence-corrected chi connectivity index (χ1v) is 18.9. The number of carbonyl (C=O) groups is 1. The van der Waals surface area contributed by atoms with E-state index in [0.29, 0.717) is 16.9 Å². The first-order chi connectivity index (χ1) is 24.5. The zero-order valence-corrected chi connectivity index (χ0v) is 29.7. The highest BCUT2D eigenvalue weighted by Crippen LogP contribution is 2.41. The second-order valence-corrected chi connectivity index (χ2v) is 15.4. The van der Waals surface area contributed by atoms with Gasteiger partial charge in [0.05, 0.1) is 21.5 Å². The molecule has 16 heteroatoms. The molecule has 0 spiro atoms. The summed E-state index contributed by atoms with van der Waals surface area (Å²) in [7, 11) is -9.61. The van der Waals surface area contributed by atoms with Crippen LogP contribution in [-0.2, 0) is 50.7 Å². The maximum Gasteiger partial charge on any atom is 0.294 e. The van der Waals surface area contributed by atoms with Crippen molar-refractivity contribution in [3.8, 4) is 34.3 Å². The van der Waals surface area contributed by atoms with Gasteiger partial charge in [0.25, 0.3) is 26.1 Å². The van der Waals surface area contributed by atoms with E-state index in [0.717, 1.165) is 29.8 Å². The van der Waals surface area contributed by atoms with Crippen LogP contribution in [0.4, 0.5) is 0 Å². The summed E-state index contributed by atoms with van der Waals surface area (Å²) >= 11 is 4.72. The minimum atomic E-state index is -4.81. The summed E-state index contributed by atoms with van der Waals surface area (Å²) in [5.74, 6) is -1.14. The van der Waals surface area contributed by atoms with Crippen LogP contribution in [0.25, 0.3) is 11.3 Å². The number of nitrogens with one attached hydrogen (secondary N) is 1. The molecule has 270 valence electrons. The Morgan fingerprint density at radius 2 is 1.17 bits per heavy atom. The molecule has 1 aliphatic rings. The van der Waals surface area contributed by atoms with Gasteiger partial charge in [-0.3, -0.25) is 13.9 Å². The minimum Gasteiger partial charge on any atom is -0.507 e. The number of aromatic hydroxyl groups is 3. The number of phenolic OH excluding ortho intramolecular Hbond substituents is 3. The van der Waals surface area contributed by atoms with Gasteiger partial charge < -0.3 is 29.8 Å². The molecule has 1 amide bonds. The zero-order chi connectivity index (χ0) is 37.5. The SMILES string of the molecule is Cc1cc2c(O)c(c1)Cc1cc(S(=O)(=O)O)cc(c1O)Cc1cc(-c3ccco3)cc(c1OCC(=O)NC=S)Cc1cc(S(=O)(=O)O)cc(c1O)C2. The number of ether oxygens (including phenoxy) is 1. The van der Waals surface area contributed by atoms with Gasteiger partial charge in [-0.2, -0.15) is 16.8 Å². The van der Waals surface area contributed by atoms with Crippen molar-refractivity contribution < 1.29 is 55.2 Å². The summed E-state index contributed by atoms with van der Waals surface area (Å²) in [5, 5.41) is 37.0. The molecule has 4 aromatic carbocycles. The fourth-order valence-corrected chi connectivity index (χ4v) is 7.65. The molecule has 0 atom stereocenters. The summed E-state index contributed by atoms with van der Waals surface area (Å²) < 4.78 is 82.0. The van der Waals surface area contributed by atoms with Gasteiger partial charge in [-0.05, 0) is 77.7 Å². The summed E-state index contributed by atoms with van der Waals surface area (Å²) in [5.41, 5.74) is 3.27. The maximum absolute atomic E-state index is 12.5. The molecule has 0 radical (unpaired) electrons. The number of aryl methyl sites for hydroxylation is 1. The van der Waals surface area contributed by atoms with Crippen molar-refractivity contribution in [2.45, 2.75) is 42.4 Å². The number of carbonyl (C=O) groups excluding carboxylic acids is 1. The average molecular weight is 766 g/mol. The normalized spacial score (nSPS) is 13.0.